The van der Waals surface area contributed by atoms with Gasteiger partial charge in [-0.1, -0.05) is 48.5 Å². The van der Waals surface area contributed by atoms with Crippen LogP contribution >= 0.6 is 0 Å². The van der Waals surface area contributed by atoms with E-state index in [2.05, 4.69) is 31.5 Å². The fourth-order valence-electron chi connectivity index (χ4n) is 2.47. The SMILES string of the molecule is C[NH+](C)CCCNC(=O)COc1ccccc1Cc1ccccc1. The highest BCUT2D eigenvalue weighted by molar-refractivity contribution is 5.77. The molecule has 0 aliphatic carbocycles. The van der Waals surface area contributed by atoms with Crippen molar-refractivity contribution in [3.05, 3.63) is 65.7 Å². The highest BCUT2D eigenvalue weighted by atomic mass is 16.5. The minimum atomic E-state index is -0.0710. The molecular formula is C20H27N2O2+. The summed E-state index contributed by atoms with van der Waals surface area (Å²) in [5.41, 5.74) is 2.32. The van der Waals surface area contributed by atoms with E-state index in [0.717, 1.165) is 30.7 Å². The maximum atomic E-state index is 11.9. The number of ether oxygens (including phenoxy) is 1. The molecule has 24 heavy (non-hydrogen) atoms. The van der Waals surface area contributed by atoms with Crippen molar-refractivity contribution < 1.29 is 14.4 Å². The summed E-state index contributed by atoms with van der Waals surface area (Å²) in [6.07, 6.45) is 1.77. The quantitative estimate of drug-likeness (QED) is 0.682. The Bertz CT molecular complexity index is 627. The first-order chi connectivity index (χ1) is 11.6. The highest BCUT2D eigenvalue weighted by Gasteiger charge is 2.07. The molecule has 0 bridgehead atoms. The van der Waals surface area contributed by atoms with E-state index >= 15 is 0 Å². The number of quaternary nitrogens is 1. The van der Waals surface area contributed by atoms with Crippen LogP contribution in [0.2, 0.25) is 0 Å². The van der Waals surface area contributed by atoms with E-state index in [1.165, 1.54) is 10.5 Å². The molecule has 0 unspecified atom stereocenters. The molecule has 0 saturated carbocycles. The predicted molar refractivity (Wildman–Crippen MR) is 96.5 cm³/mol. The summed E-state index contributed by atoms with van der Waals surface area (Å²) in [6.45, 7) is 1.79. The van der Waals surface area contributed by atoms with E-state index in [-0.39, 0.29) is 12.5 Å². The minimum absolute atomic E-state index is 0.0562. The van der Waals surface area contributed by atoms with Crippen LogP contribution in [0.3, 0.4) is 0 Å². The molecule has 2 N–H and O–H groups in total. The lowest BCUT2D eigenvalue weighted by molar-refractivity contribution is -0.858. The fraction of sp³-hybridized carbons (Fsp3) is 0.350. The molecule has 2 rings (SSSR count). The zero-order chi connectivity index (χ0) is 17.2. The van der Waals surface area contributed by atoms with Crippen molar-refractivity contribution in [2.45, 2.75) is 12.8 Å². The van der Waals surface area contributed by atoms with Gasteiger partial charge >= 0.3 is 0 Å². The normalized spacial score (nSPS) is 10.6. The Morgan fingerprint density at radius 2 is 1.75 bits per heavy atom. The third-order valence-electron chi connectivity index (χ3n) is 3.74. The summed E-state index contributed by atoms with van der Waals surface area (Å²) in [6, 6.07) is 18.1. The van der Waals surface area contributed by atoms with Crippen LogP contribution in [0.1, 0.15) is 17.5 Å². The number of carbonyl (C=O) groups is 1. The molecule has 128 valence electrons. The van der Waals surface area contributed by atoms with Crippen molar-refractivity contribution in [3.63, 3.8) is 0 Å². The average molecular weight is 327 g/mol. The van der Waals surface area contributed by atoms with Gasteiger partial charge in [0.05, 0.1) is 20.6 Å². The molecule has 1 amide bonds. The second-order valence-electron chi connectivity index (χ2n) is 6.22. The van der Waals surface area contributed by atoms with Crippen molar-refractivity contribution in [1.82, 2.24) is 5.32 Å². The van der Waals surface area contributed by atoms with Crippen LogP contribution in [-0.4, -0.2) is 39.7 Å². The smallest absolute Gasteiger partial charge is 0.257 e. The van der Waals surface area contributed by atoms with Crippen LogP contribution in [0, 0.1) is 0 Å². The van der Waals surface area contributed by atoms with Crippen LogP contribution in [0.4, 0.5) is 0 Å². The van der Waals surface area contributed by atoms with Crippen molar-refractivity contribution in [2.24, 2.45) is 0 Å². The van der Waals surface area contributed by atoms with Gasteiger partial charge in [-0.05, 0) is 17.2 Å². The number of para-hydroxylation sites is 1. The molecule has 2 aromatic carbocycles. The fourth-order valence-corrected chi connectivity index (χ4v) is 2.47. The summed E-state index contributed by atoms with van der Waals surface area (Å²) in [4.78, 5) is 13.3. The van der Waals surface area contributed by atoms with Crippen LogP contribution in [-0.2, 0) is 11.2 Å². The molecule has 0 heterocycles. The van der Waals surface area contributed by atoms with Crippen molar-refractivity contribution >= 4 is 5.91 Å². The zero-order valence-electron chi connectivity index (χ0n) is 14.5. The highest BCUT2D eigenvalue weighted by Crippen LogP contribution is 2.21. The Hall–Kier alpha value is -2.33. The summed E-state index contributed by atoms with van der Waals surface area (Å²) in [7, 11) is 4.21. The van der Waals surface area contributed by atoms with Gasteiger partial charge in [-0.25, -0.2) is 0 Å². The molecule has 0 spiro atoms. The summed E-state index contributed by atoms with van der Waals surface area (Å²) < 4.78 is 5.73. The molecule has 0 aromatic heterocycles. The maximum absolute atomic E-state index is 11.9. The number of carbonyl (C=O) groups excluding carboxylic acids is 1. The average Bonchev–Trinajstić information content (AvgIpc) is 2.59. The molecule has 0 fully saturated rings. The molecular weight excluding hydrogens is 300 g/mol. The monoisotopic (exact) mass is 327 g/mol. The van der Waals surface area contributed by atoms with Gasteiger partial charge in [0, 0.05) is 19.4 Å². The molecule has 2 aromatic rings. The summed E-state index contributed by atoms with van der Waals surface area (Å²) in [5.74, 6) is 0.701. The predicted octanol–water partition coefficient (Wildman–Crippen LogP) is 1.31. The Balaban J connectivity index is 1.83. The molecule has 4 heteroatoms. The van der Waals surface area contributed by atoms with E-state index in [0.29, 0.717) is 6.54 Å². The van der Waals surface area contributed by atoms with E-state index in [4.69, 9.17) is 4.74 Å². The Kier molecular flexibility index (Phi) is 7.30. The third-order valence-corrected chi connectivity index (χ3v) is 3.74. The zero-order valence-corrected chi connectivity index (χ0v) is 14.5. The first-order valence-corrected chi connectivity index (χ1v) is 8.45. The van der Waals surface area contributed by atoms with Crippen molar-refractivity contribution in [1.29, 1.82) is 0 Å². The van der Waals surface area contributed by atoms with Gasteiger partial charge in [0.1, 0.15) is 5.75 Å². The number of hydrogen-bond acceptors (Lipinski definition) is 2. The van der Waals surface area contributed by atoms with Crippen LogP contribution in [0.25, 0.3) is 0 Å². The third kappa shape index (κ3) is 6.42. The second kappa shape index (κ2) is 9.73. The maximum Gasteiger partial charge on any atom is 0.257 e. The first kappa shape index (κ1) is 18.0. The van der Waals surface area contributed by atoms with Gasteiger partial charge in [-0.3, -0.25) is 4.79 Å². The van der Waals surface area contributed by atoms with Gasteiger partial charge in [-0.15, -0.1) is 0 Å². The summed E-state index contributed by atoms with van der Waals surface area (Å²) >= 11 is 0. The number of benzene rings is 2. The van der Waals surface area contributed by atoms with E-state index in [1.54, 1.807) is 0 Å². The lowest BCUT2D eigenvalue weighted by Crippen LogP contribution is -3.05. The molecule has 0 atom stereocenters. The Morgan fingerprint density at radius 3 is 2.50 bits per heavy atom. The molecule has 0 radical (unpaired) electrons. The van der Waals surface area contributed by atoms with Gasteiger partial charge < -0.3 is 15.0 Å². The van der Waals surface area contributed by atoms with E-state index in [9.17, 15) is 4.79 Å². The van der Waals surface area contributed by atoms with Crippen molar-refractivity contribution in [3.8, 4) is 5.75 Å². The topological polar surface area (TPSA) is 42.8 Å². The van der Waals surface area contributed by atoms with Crippen LogP contribution < -0.4 is 15.0 Å². The Morgan fingerprint density at radius 1 is 1.04 bits per heavy atom. The minimum Gasteiger partial charge on any atom is -0.483 e. The van der Waals surface area contributed by atoms with E-state index in [1.807, 2.05) is 42.5 Å². The number of nitrogens with one attached hydrogen (secondary N) is 2. The molecule has 0 aliphatic heterocycles. The molecule has 4 nitrogen and oxygen atoms in total. The standard InChI is InChI=1S/C20H26N2O2/c1-22(2)14-8-13-21-20(23)16-24-19-12-7-6-11-18(19)15-17-9-4-3-5-10-17/h3-7,9-12H,8,13-16H2,1-2H3,(H,21,23)/p+1. The van der Waals surface area contributed by atoms with Gasteiger partial charge in [0.15, 0.2) is 6.61 Å². The van der Waals surface area contributed by atoms with Gasteiger partial charge in [0.25, 0.3) is 5.91 Å². The van der Waals surface area contributed by atoms with Crippen molar-refractivity contribution in [2.75, 3.05) is 33.8 Å². The van der Waals surface area contributed by atoms with E-state index < -0.39 is 0 Å². The second-order valence-corrected chi connectivity index (χ2v) is 6.22. The lowest BCUT2D eigenvalue weighted by Gasteiger charge is -2.12. The largest absolute Gasteiger partial charge is 0.483 e. The number of amides is 1. The van der Waals surface area contributed by atoms with Crippen LogP contribution in [0.15, 0.2) is 54.6 Å². The van der Waals surface area contributed by atoms with Crippen LogP contribution in [0.5, 0.6) is 5.75 Å². The lowest BCUT2D eigenvalue weighted by atomic mass is 10.0. The first-order valence-electron chi connectivity index (χ1n) is 8.45. The molecule has 0 aliphatic rings. The van der Waals surface area contributed by atoms with Gasteiger partial charge in [0.2, 0.25) is 0 Å². The number of rotatable bonds is 9. The van der Waals surface area contributed by atoms with Gasteiger partial charge in [-0.2, -0.15) is 0 Å². The summed E-state index contributed by atoms with van der Waals surface area (Å²) in [5, 5.41) is 2.90. The Labute approximate surface area is 144 Å². The molecule has 0 saturated heterocycles. The number of hydrogen-bond donors (Lipinski definition) is 2.